The third-order valence-electron chi connectivity index (χ3n) is 4.11. The predicted molar refractivity (Wildman–Crippen MR) is 99.8 cm³/mol. The van der Waals surface area contributed by atoms with Gasteiger partial charge < -0.3 is 4.43 Å². The zero-order valence-corrected chi connectivity index (χ0v) is 16.5. The highest BCUT2D eigenvalue weighted by molar-refractivity contribution is 9.10. The average molecular weight is 371 g/mol. The van der Waals surface area contributed by atoms with Crippen LogP contribution in [0.1, 0.15) is 59.3 Å². The number of halogens is 1. The van der Waals surface area contributed by atoms with Crippen molar-refractivity contribution in [2.24, 2.45) is 0 Å². The number of benzene rings is 1. The Bertz CT molecular complexity index is 369. The van der Waals surface area contributed by atoms with Crippen LogP contribution < -0.4 is 5.19 Å². The molecule has 0 bridgehead atoms. The van der Waals surface area contributed by atoms with Crippen molar-refractivity contribution in [1.82, 2.24) is 0 Å². The van der Waals surface area contributed by atoms with Gasteiger partial charge in [0.15, 0.2) is 0 Å². The third kappa shape index (κ3) is 6.25. The molecule has 0 fully saturated rings. The van der Waals surface area contributed by atoms with Gasteiger partial charge in [0, 0.05) is 11.1 Å². The Hall–Kier alpha value is -0.123. The van der Waals surface area contributed by atoms with E-state index in [1.807, 2.05) is 0 Å². The molecule has 3 heteroatoms. The molecule has 0 aliphatic heterocycles. The van der Waals surface area contributed by atoms with Gasteiger partial charge in [-0.05, 0) is 35.8 Å². The second kappa shape index (κ2) is 10.6. The van der Waals surface area contributed by atoms with Crippen molar-refractivity contribution in [1.29, 1.82) is 0 Å². The van der Waals surface area contributed by atoms with Crippen LogP contribution in [-0.4, -0.2) is 14.9 Å². The summed E-state index contributed by atoms with van der Waals surface area (Å²) in [5, 5.41) is 1.49. The molecule has 1 nitrogen and oxygen atoms in total. The van der Waals surface area contributed by atoms with Crippen molar-refractivity contribution in [3.63, 3.8) is 0 Å². The molecule has 1 rings (SSSR count). The van der Waals surface area contributed by atoms with E-state index in [0.717, 1.165) is 11.1 Å². The van der Waals surface area contributed by atoms with E-state index in [2.05, 4.69) is 61.0 Å². The first-order valence-electron chi connectivity index (χ1n) is 8.58. The second-order valence-electron chi connectivity index (χ2n) is 5.91. The highest BCUT2D eigenvalue weighted by Crippen LogP contribution is 2.24. The van der Waals surface area contributed by atoms with Crippen LogP contribution in [0.4, 0.5) is 0 Å². The Morgan fingerprint density at radius 2 is 1.38 bits per heavy atom. The predicted octanol–water partition coefficient (Wildman–Crippen LogP) is 6.02. The van der Waals surface area contributed by atoms with Gasteiger partial charge in [-0.15, -0.1) is 0 Å². The van der Waals surface area contributed by atoms with Crippen molar-refractivity contribution in [3.8, 4) is 0 Å². The molecule has 21 heavy (non-hydrogen) atoms. The molecule has 0 heterocycles. The SMILES string of the molecule is CCCCO[Si](CCCC)(CCCC)c1ccc(Br)cc1. The Morgan fingerprint density at radius 3 is 1.86 bits per heavy atom. The molecule has 0 amide bonds. The summed E-state index contributed by atoms with van der Waals surface area (Å²) in [6, 6.07) is 11.5. The van der Waals surface area contributed by atoms with Crippen molar-refractivity contribution in [3.05, 3.63) is 28.7 Å². The lowest BCUT2D eigenvalue weighted by Gasteiger charge is -2.32. The summed E-state index contributed by atoms with van der Waals surface area (Å²) in [6.45, 7) is 7.75. The van der Waals surface area contributed by atoms with E-state index in [1.54, 1.807) is 0 Å². The van der Waals surface area contributed by atoms with Gasteiger partial charge in [-0.25, -0.2) is 0 Å². The van der Waals surface area contributed by atoms with E-state index < -0.39 is 8.32 Å². The Morgan fingerprint density at radius 1 is 0.857 bits per heavy atom. The molecule has 0 saturated carbocycles. The summed E-state index contributed by atoms with van der Waals surface area (Å²) >= 11 is 3.56. The highest BCUT2D eigenvalue weighted by atomic mass is 79.9. The van der Waals surface area contributed by atoms with Gasteiger partial charge >= 0.3 is 0 Å². The lowest BCUT2D eigenvalue weighted by molar-refractivity contribution is 0.296. The molecule has 120 valence electrons. The maximum absolute atomic E-state index is 6.62. The zero-order chi connectivity index (χ0) is 15.6. The molecule has 0 atom stereocenters. The molecule has 0 N–H and O–H groups in total. The van der Waals surface area contributed by atoms with Gasteiger partial charge in [-0.2, -0.15) is 0 Å². The summed E-state index contributed by atoms with van der Waals surface area (Å²) < 4.78 is 7.78. The van der Waals surface area contributed by atoms with Crippen LogP contribution in [0, 0.1) is 0 Å². The van der Waals surface area contributed by atoms with Gasteiger partial charge in [0.1, 0.15) is 0 Å². The number of hydrogen-bond acceptors (Lipinski definition) is 1. The Kier molecular flexibility index (Phi) is 9.53. The second-order valence-corrected chi connectivity index (χ2v) is 10.7. The summed E-state index contributed by atoms with van der Waals surface area (Å²) in [6.07, 6.45) is 7.50. The minimum atomic E-state index is -1.79. The summed E-state index contributed by atoms with van der Waals surface area (Å²) in [5.74, 6) is 0. The van der Waals surface area contributed by atoms with Crippen molar-refractivity contribution in [2.75, 3.05) is 6.61 Å². The van der Waals surface area contributed by atoms with Crippen LogP contribution in [0.5, 0.6) is 0 Å². The molecule has 0 aliphatic rings. The molecular formula is C18H31BrOSi. The first kappa shape index (κ1) is 18.9. The highest BCUT2D eigenvalue weighted by Gasteiger charge is 2.35. The topological polar surface area (TPSA) is 9.23 Å². The van der Waals surface area contributed by atoms with Gasteiger partial charge in [-0.1, -0.05) is 80.9 Å². The lowest BCUT2D eigenvalue weighted by Crippen LogP contribution is -2.51. The molecule has 0 unspecified atom stereocenters. The molecular weight excluding hydrogens is 340 g/mol. The average Bonchev–Trinajstić information content (AvgIpc) is 2.51. The van der Waals surface area contributed by atoms with Gasteiger partial charge in [0.25, 0.3) is 0 Å². The maximum Gasteiger partial charge on any atom is 0.224 e. The monoisotopic (exact) mass is 370 g/mol. The third-order valence-corrected chi connectivity index (χ3v) is 9.11. The minimum absolute atomic E-state index is 0.937. The van der Waals surface area contributed by atoms with E-state index in [0.29, 0.717) is 0 Å². The van der Waals surface area contributed by atoms with Crippen molar-refractivity contribution in [2.45, 2.75) is 71.4 Å². The van der Waals surface area contributed by atoms with E-state index in [1.165, 1.54) is 55.8 Å². The molecule has 1 aromatic carbocycles. The van der Waals surface area contributed by atoms with Crippen LogP contribution in [0.3, 0.4) is 0 Å². The van der Waals surface area contributed by atoms with E-state index in [4.69, 9.17) is 4.43 Å². The summed E-state index contributed by atoms with van der Waals surface area (Å²) in [7, 11) is -1.79. The van der Waals surface area contributed by atoms with E-state index >= 15 is 0 Å². The van der Waals surface area contributed by atoms with E-state index in [9.17, 15) is 0 Å². The normalized spacial score (nSPS) is 11.8. The molecule has 0 aromatic heterocycles. The van der Waals surface area contributed by atoms with Gasteiger partial charge in [-0.3, -0.25) is 0 Å². The fraction of sp³-hybridized carbons (Fsp3) is 0.667. The smallest absolute Gasteiger partial charge is 0.224 e. The molecule has 0 radical (unpaired) electrons. The molecule has 0 saturated heterocycles. The molecule has 0 spiro atoms. The Balaban J connectivity index is 2.97. The fourth-order valence-electron chi connectivity index (χ4n) is 2.73. The first-order valence-corrected chi connectivity index (χ1v) is 11.7. The van der Waals surface area contributed by atoms with E-state index in [-0.39, 0.29) is 0 Å². The first-order chi connectivity index (χ1) is 10.2. The zero-order valence-electron chi connectivity index (χ0n) is 14.0. The number of hydrogen-bond donors (Lipinski definition) is 0. The Labute approximate surface area is 140 Å². The molecule has 1 aromatic rings. The van der Waals surface area contributed by atoms with Crippen LogP contribution in [0.2, 0.25) is 12.1 Å². The minimum Gasteiger partial charge on any atom is -0.412 e. The maximum atomic E-state index is 6.62. The quantitative estimate of drug-likeness (QED) is 0.341. The number of unbranched alkanes of at least 4 members (excludes halogenated alkanes) is 3. The van der Waals surface area contributed by atoms with Crippen LogP contribution in [-0.2, 0) is 4.43 Å². The van der Waals surface area contributed by atoms with Gasteiger partial charge in [0.05, 0.1) is 0 Å². The van der Waals surface area contributed by atoms with Crippen molar-refractivity contribution >= 4 is 29.4 Å². The summed E-state index contributed by atoms with van der Waals surface area (Å²) in [5.41, 5.74) is 0. The standard InChI is InChI=1S/C18H31BrOSi/c1-4-7-14-20-21(15-8-5-2,16-9-6-3)18-12-10-17(19)11-13-18/h10-13H,4-9,14-16H2,1-3H3. The fourth-order valence-corrected chi connectivity index (χ4v) is 7.44. The van der Waals surface area contributed by atoms with Crippen molar-refractivity contribution < 1.29 is 4.43 Å². The van der Waals surface area contributed by atoms with Crippen LogP contribution in [0.15, 0.2) is 28.7 Å². The largest absolute Gasteiger partial charge is 0.412 e. The van der Waals surface area contributed by atoms with Gasteiger partial charge in [0.2, 0.25) is 8.32 Å². The summed E-state index contributed by atoms with van der Waals surface area (Å²) in [4.78, 5) is 0. The van der Waals surface area contributed by atoms with Crippen LogP contribution in [0.25, 0.3) is 0 Å². The van der Waals surface area contributed by atoms with Crippen LogP contribution >= 0.6 is 15.9 Å². The number of rotatable bonds is 11. The molecule has 0 aliphatic carbocycles. The lowest BCUT2D eigenvalue weighted by atomic mass is 10.4.